The third-order valence-corrected chi connectivity index (χ3v) is 9.76. The molecule has 0 spiro atoms. The maximum absolute atomic E-state index is 16.0. The van der Waals surface area contributed by atoms with E-state index in [0.29, 0.717) is 23.4 Å². The monoisotopic (exact) mass is 510 g/mol. The number of likely N-dealkylation sites (tertiary alicyclic amines) is 1. The van der Waals surface area contributed by atoms with Gasteiger partial charge in [-0.25, -0.2) is 17.8 Å². The number of hydrogen-bond donors (Lipinski definition) is 1. The Morgan fingerprint density at radius 3 is 2.39 bits per heavy atom. The molecule has 1 aliphatic carbocycles. The highest BCUT2D eigenvalue weighted by Crippen LogP contribution is 2.45. The van der Waals surface area contributed by atoms with Crippen molar-refractivity contribution in [3.63, 3.8) is 0 Å². The van der Waals surface area contributed by atoms with E-state index in [-0.39, 0.29) is 16.6 Å². The molecule has 192 valence electrons. The second-order valence-electron chi connectivity index (χ2n) is 11.0. The van der Waals surface area contributed by atoms with Crippen LogP contribution in [0.4, 0.5) is 4.39 Å². The molecule has 6 nitrogen and oxygen atoms in total. The molecule has 3 aromatic rings. The minimum atomic E-state index is -3.27. The quantitative estimate of drug-likeness (QED) is 0.548. The van der Waals surface area contributed by atoms with Crippen molar-refractivity contribution in [3.05, 3.63) is 47.8 Å². The van der Waals surface area contributed by atoms with Crippen molar-refractivity contribution in [3.8, 4) is 11.4 Å². The number of hydrogen-bond acceptors (Lipinski definition) is 5. The minimum absolute atomic E-state index is 0.197. The first-order chi connectivity index (χ1) is 17.3. The molecule has 0 amide bonds. The molecule has 2 aromatic carbocycles. The van der Waals surface area contributed by atoms with Gasteiger partial charge in [0.15, 0.2) is 15.7 Å². The highest BCUT2D eigenvalue weighted by molar-refractivity contribution is 7.90. The standard InChI is InChI=1S/C28H35FN4O2S/c1-32-24-10-9-23(20-13-16-33(21-11-14-30-15-12-21)25(17-20)18-3-4-18)26(29)27(24)31-28(32)19-5-7-22(8-6-19)36(2,34)35/h5-10,18,20-21,25,30H,3-4,11-17H2,1-2H3/t20?,25-/m1/s1. The lowest BCUT2D eigenvalue weighted by Crippen LogP contribution is -2.52. The molecule has 2 saturated heterocycles. The summed E-state index contributed by atoms with van der Waals surface area (Å²) in [7, 11) is -1.39. The topological polar surface area (TPSA) is 67.2 Å². The highest BCUT2D eigenvalue weighted by atomic mass is 32.2. The van der Waals surface area contributed by atoms with Crippen LogP contribution in [0.25, 0.3) is 22.4 Å². The van der Waals surface area contributed by atoms with Crippen LogP contribution >= 0.6 is 0 Å². The number of fused-ring (bicyclic) bond motifs is 1. The highest BCUT2D eigenvalue weighted by Gasteiger charge is 2.42. The third-order valence-electron chi connectivity index (χ3n) is 8.63. The van der Waals surface area contributed by atoms with Gasteiger partial charge in [0.2, 0.25) is 0 Å². The lowest BCUT2D eigenvalue weighted by molar-refractivity contribution is 0.0553. The summed E-state index contributed by atoms with van der Waals surface area (Å²) in [6, 6.07) is 11.9. The van der Waals surface area contributed by atoms with E-state index in [1.807, 2.05) is 23.7 Å². The van der Waals surface area contributed by atoms with Crippen molar-refractivity contribution >= 4 is 20.9 Å². The summed E-state index contributed by atoms with van der Waals surface area (Å²) >= 11 is 0. The zero-order valence-electron chi connectivity index (χ0n) is 21.1. The third kappa shape index (κ3) is 4.37. The van der Waals surface area contributed by atoms with Gasteiger partial charge in [-0.3, -0.25) is 4.90 Å². The van der Waals surface area contributed by atoms with Gasteiger partial charge >= 0.3 is 0 Å². The average Bonchev–Trinajstić information content (AvgIpc) is 3.68. The predicted molar refractivity (Wildman–Crippen MR) is 140 cm³/mol. The second kappa shape index (κ2) is 9.23. The van der Waals surface area contributed by atoms with Gasteiger partial charge in [-0.05, 0) is 106 Å². The molecule has 6 rings (SSSR count). The number of benzene rings is 2. The fraction of sp³-hybridized carbons (Fsp3) is 0.536. The Labute approximate surface area is 212 Å². The SMILES string of the molecule is Cn1c(-c2ccc(S(C)(=O)=O)cc2)nc2c(F)c(C3CCN(C4CCNCC4)[C@@H](C4CC4)C3)ccc21. The Morgan fingerprint density at radius 1 is 1.00 bits per heavy atom. The Hall–Kier alpha value is -2.29. The van der Waals surface area contributed by atoms with Gasteiger partial charge in [0.1, 0.15) is 11.3 Å². The van der Waals surface area contributed by atoms with E-state index in [1.54, 1.807) is 24.3 Å². The van der Waals surface area contributed by atoms with Crippen LogP contribution in [0.15, 0.2) is 41.3 Å². The number of aromatic nitrogens is 2. The molecule has 36 heavy (non-hydrogen) atoms. The largest absolute Gasteiger partial charge is 0.327 e. The van der Waals surface area contributed by atoms with Gasteiger partial charge in [-0.15, -0.1) is 0 Å². The summed E-state index contributed by atoms with van der Waals surface area (Å²) < 4.78 is 41.5. The van der Waals surface area contributed by atoms with Gasteiger partial charge in [0.25, 0.3) is 0 Å². The summed E-state index contributed by atoms with van der Waals surface area (Å²) in [5.41, 5.74) is 2.73. The fourth-order valence-corrected chi connectivity index (χ4v) is 7.13. The average molecular weight is 511 g/mol. The Kier molecular flexibility index (Phi) is 6.17. The van der Waals surface area contributed by atoms with Gasteiger partial charge in [-0.2, -0.15) is 0 Å². The Morgan fingerprint density at radius 2 is 1.72 bits per heavy atom. The summed E-state index contributed by atoms with van der Waals surface area (Å²) in [5.74, 6) is 1.43. The van der Waals surface area contributed by atoms with Crippen molar-refractivity contribution in [2.45, 2.75) is 61.4 Å². The maximum atomic E-state index is 16.0. The van der Waals surface area contributed by atoms with Crippen LogP contribution in [-0.2, 0) is 16.9 Å². The number of aryl methyl sites for hydroxylation is 1. The van der Waals surface area contributed by atoms with E-state index in [4.69, 9.17) is 4.98 Å². The summed E-state index contributed by atoms with van der Waals surface area (Å²) in [6.07, 6.45) is 8.26. The second-order valence-corrected chi connectivity index (χ2v) is 13.0. The molecule has 8 heteroatoms. The maximum Gasteiger partial charge on any atom is 0.175 e. The number of nitrogens with one attached hydrogen (secondary N) is 1. The smallest absolute Gasteiger partial charge is 0.175 e. The van der Waals surface area contributed by atoms with E-state index in [1.165, 1.54) is 31.9 Å². The first-order valence-electron chi connectivity index (χ1n) is 13.2. The molecule has 2 aliphatic heterocycles. The molecule has 3 heterocycles. The van der Waals surface area contributed by atoms with Crippen molar-refractivity contribution < 1.29 is 12.8 Å². The van der Waals surface area contributed by atoms with E-state index in [0.717, 1.165) is 55.0 Å². The van der Waals surface area contributed by atoms with Crippen molar-refractivity contribution in [2.24, 2.45) is 13.0 Å². The van der Waals surface area contributed by atoms with Crippen LogP contribution in [0.1, 0.15) is 50.0 Å². The zero-order valence-corrected chi connectivity index (χ0v) is 21.9. The van der Waals surface area contributed by atoms with Gasteiger partial charge in [0.05, 0.1) is 10.4 Å². The number of rotatable bonds is 5. The van der Waals surface area contributed by atoms with E-state index >= 15 is 4.39 Å². The number of nitrogens with zero attached hydrogens (tertiary/aromatic N) is 3. The molecule has 1 saturated carbocycles. The molecule has 1 N–H and O–H groups in total. The van der Waals surface area contributed by atoms with Gasteiger partial charge in [0, 0.05) is 31.0 Å². The summed E-state index contributed by atoms with van der Waals surface area (Å²) in [5, 5.41) is 3.49. The fourth-order valence-electron chi connectivity index (χ4n) is 6.50. The molecule has 2 atom stereocenters. The normalized spacial score (nSPS) is 24.4. The van der Waals surface area contributed by atoms with Crippen molar-refractivity contribution in [1.82, 2.24) is 19.8 Å². The van der Waals surface area contributed by atoms with Crippen LogP contribution in [0.3, 0.4) is 0 Å². The van der Waals surface area contributed by atoms with Crippen LogP contribution in [0, 0.1) is 11.7 Å². The van der Waals surface area contributed by atoms with E-state index in [2.05, 4.69) is 10.2 Å². The van der Waals surface area contributed by atoms with Crippen molar-refractivity contribution in [1.29, 1.82) is 0 Å². The number of imidazole rings is 1. The van der Waals surface area contributed by atoms with Crippen LogP contribution in [-0.4, -0.2) is 60.8 Å². The number of piperidine rings is 2. The molecular weight excluding hydrogens is 475 g/mol. The number of sulfone groups is 1. The molecule has 0 bridgehead atoms. The van der Waals surface area contributed by atoms with Crippen LogP contribution in [0.2, 0.25) is 0 Å². The molecular formula is C28H35FN4O2S. The van der Waals surface area contributed by atoms with E-state index in [9.17, 15) is 8.42 Å². The predicted octanol–water partition coefficient (Wildman–Crippen LogP) is 4.49. The molecule has 3 fully saturated rings. The van der Waals surface area contributed by atoms with Gasteiger partial charge < -0.3 is 9.88 Å². The molecule has 1 unspecified atom stereocenters. The van der Waals surface area contributed by atoms with E-state index < -0.39 is 9.84 Å². The number of halogens is 1. The summed E-state index contributed by atoms with van der Waals surface area (Å²) in [4.78, 5) is 7.74. The Balaban J connectivity index is 1.29. The first kappa shape index (κ1) is 24.1. The molecule has 0 radical (unpaired) electrons. The summed E-state index contributed by atoms with van der Waals surface area (Å²) in [6.45, 7) is 3.26. The lowest BCUT2D eigenvalue weighted by Gasteiger charge is -2.45. The van der Waals surface area contributed by atoms with Crippen LogP contribution in [0.5, 0.6) is 0 Å². The zero-order chi connectivity index (χ0) is 25.0. The minimum Gasteiger partial charge on any atom is -0.327 e. The molecule has 1 aromatic heterocycles. The van der Waals surface area contributed by atoms with Gasteiger partial charge in [-0.1, -0.05) is 6.07 Å². The molecule has 3 aliphatic rings. The first-order valence-corrected chi connectivity index (χ1v) is 15.1. The Bertz CT molecular complexity index is 1370. The van der Waals surface area contributed by atoms with Crippen molar-refractivity contribution in [2.75, 3.05) is 25.9 Å². The van der Waals surface area contributed by atoms with Crippen LogP contribution < -0.4 is 5.32 Å². The lowest BCUT2D eigenvalue weighted by atomic mass is 9.81.